The van der Waals surface area contributed by atoms with E-state index in [0.717, 1.165) is 12.5 Å². The van der Waals surface area contributed by atoms with E-state index in [-0.39, 0.29) is 0 Å². The molecule has 0 saturated heterocycles. The predicted molar refractivity (Wildman–Crippen MR) is 60.6 cm³/mol. The molecule has 2 heteroatoms. The summed E-state index contributed by atoms with van der Waals surface area (Å²) in [4.78, 5) is 3.39. The molecule has 1 aromatic heterocycles. The number of aromatic nitrogens is 1. The molecule has 0 radical (unpaired) electrons. The van der Waals surface area contributed by atoms with Crippen LogP contribution < -0.4 is 5.32 Å². The van der Waals surface area contributed by atoms with Gasteiger partial charge in [0, 0.05) is 29.7 Å². The molecule has 0 amide bonds. The molecule has 4 rings (SSSR count). The SMILES string of the molecule is c1cc2c3c(c[nH]c3c1)C(C1CC1)NC2. The van der Waals surface area contributed by atoms with Crippen LogP contribution in [0.5, 0.6) is 0 Å². The van der Waals surface area contributed by atoms with Crippen LogP contribution in [-0.2, 0) is 6.54 Å². The van der Waals surface area contributed by atoms with Gasteiger partial charge in [0.1, 0.15) is 0 Å². The number of benzene rings is 1. The minimum absolute atomic E-state index is 0.605. The third-order valence-corrected chi connectivity index (χ3v) is 3.76. The Balaban J connectivity index is 2.00. The maximum atomic E-state index is 3.66. The summed E-state index contributed by atoms with van der Waals surface area (Å²) in [5, 5.41) is 5.14. The lowest BCUT2D eigenvalue weighted by molar-refractivity contribution is 0.475. The van der Waals surface area contributed by atoms with Crippen molar-refractivity contribution < 1.29 is 0 Å². The second-order valence-electron chi connectivity index (χ2n) is 4.78. The van der Waals surface area contributed by atoms with Crippen molar-refractivity contribution in [1.29, 1.82) is 0 Å². The predicted octanol–water partition coefficient (Wildman–Crippen LogP) is 2.72. The minimum Gasteiger partial charge on any atom is -0.361 e. The molecule has 15 heavy (non-hydrogen) atoms. The smallest absolute Gasteiger partial charge is 0.0460 e. The molecule has 2 nitrogen and oxygen atoms in total. The average molecular weight is 198 g/mol. The molecule has 0 bridgehead atoms. The topological polar surface area (TPSA) is 27.8 Å². The van der Waals surface area contributed by atoms with E-state index in [1.807, 2.05) is 0 Å². The van der Waals surface area contributed by atoms with Crippen LogP contribution in [0.4, 0.5) is 0 Å². The zero-order valence-electron chi connectivity index (χ0n) is 8.59. The molecule has 1 unspecified atom stereocenters. The summed E-state index contributed by atoms with van der Waals surface area (Å²) in [6, 6.07) is 7.15. The molecule has 1 aliphatic carbocycles. The third kappa shape index (κ3) is 1.03. The van der Waals surface area contributed by atoms with Crippen molar-refractivity contribution in [1.82, 2.24) is 10.3 Å². The van der Waals surface area contributed by atoms with Gasteiger partial charge in [-0.15, -0.1) is 0 Å². The van der Waals surface area contributed by atoms with Gasteiger partial charge in [0.05, 0.1) is 0 Å². The molecule has 2 aromatic rings. The highest BCUT2D eigenvalue weighted by molar-refractivity contribution is 5.87. The first-order chi connectivity index (χ1) is 7.43. The van der Waals surface area contributed by atoms with E-state index in [9.17, 15) is 0 Å². The largest absolute Gasteiger partial charge is 0.361 e. The Morgan fingerprint density at radius 1 is 1.20 bits per heavy atom. The van der Waals surface area contributed by atoms with E-state index >= 15 is 0 Å². The fraction of sp³-hybridized carbons (Fsp3) is 0.385. The van der Waals surface area contributed by atoms with Gasteiger partial charge in [-0.25, -0.2) is 0 Å². The van der Waals surface area contributed by atoms with Crippen LogP contribution in [0.25, 0.3) is 10.9 Å². The van der Waals surface area contributed by atoms with Gasteiger partial charge in [-0.1, -0.05) is 12.1 Å². The first kappa shape index (κ1) is 7.94. The van der Waals surface area contributed by atoms with Gasteiger partial charge < -0.3 is 10.3 Å². The van der Waals surface area contributed by atoms with E-state index in [4.69, 9.17) is 0 Å². The van der Waals surface area contributed by atoms with Crippen molar-refractivity contribution in [2.75, 3.05) is 0 Å². The number of H-pyrrole nitrogens is 1. The van der Waals surface area contributed by atoms with Crippen molar-refractivity contribution in [2.45, 2.75) is 25.4 Å². The van der Waals surface area contributed by atoms with Gasteiger partial charge in [-0.05, 0) is 36.0 Å². The lowest BCUT2D eigenvalue weighted by Gasteiger charge is -2.24. The maximum Gasteiger partial charge on any atom is 0.0460 e. The van der Waals surface area contributed by atoms with Crippen LogP contribution in [0.3, 0.4) is 0 Å². The van der Waals surface area contributed by atoms with Crippen LogP contribution in [0.15, 0.2) is 24.4 Å². The normalized spacial score (nSPS) is 24.7. The van der Waals surface area contributed by atoms with Crippen molar-refractivity contribution in [3.63, 3.8) is 0 Å². The first-order valence-corrected chi connectivity index (χ1v) is 5.76. The number of nitrogens with one attached hydrogen (secondary N) is 2. The molecule has 2 N–H and O–H groups in total. The minimum atomic E-state index is 0.605. The van der Waals surface area contributed by atoms with Gasteiger partial charge in [0.25, 0.3) is 0 Å². The Hall–Kier alpha value is -1.28. The third-order valence-electron chi connectivity index (χ3n) is 3.76. The van der Waals surface area contributed by atoms with Crippen LogP contribution >= 0.6 is 0 Å². The van der Waals surface area contributed by atoms with Crippen molar-refractivity contribution in [3.05, 3.63) is 35.5 Å². The molecular formula is C13H14N2. The first-order valence-electron chi connectivity index (χ1n) is 5.76. The molecule has 2 aliphatic rings. The van der Waals surface area contributed by atoms with E-state index in [0.29, 0.717) is 6.04 Å². The Morgan fingerprint density at radius 2 is 2.13 bits per heavy atom. The van der Waals surface area contributed by atoms with Crippen molar-refractivity contribution >= 4 is 10.9 Å². The molecule has 1 aromatic carbocycles. The zero-order chi connectivity index (χ0) is 9.83. The van der Waals surface area contributed by atoms with E-state index < -0.39 is 0 Å². The van der Waals surface area contributed by atoms with Gasteiger partial charge >= 0.3 is 0 Å². The van der Waals surface area contributed by atoms with Crippen LogP contribution in [-0.4, -0.2) is 4.98 Å². The molecule has 76 valence electrons. The van der Waals surface area contributed by atoms with Crippen molar-refractivity contribution in [3.8, 4) is 0 Å². The van der Waals surface area contributed by atoms with Crippen LogP contribution in [0, 0.1) is 5.92 Å². The van der Waals surface area contributed by atoms with Gasteiger partial charge in [-0.3, -0.25) is 0 Å². The monoisotopic (exact) mass is 198 g/mol. The Bertz CT molecular complexity index is 522. The summed E-state index contributed by atoms with van der Waals surface area (Å²) in [7, 11) is 0. The van der Waals surface area contributed by atoms with Crippen LogP contribution in [0.2, 0.25) is 0 Å². The highest BCUT2D eigenvalue weighted by Crippen LogP contribution is 2.45. The number of aromatic amines is 1. The summed E-state index contributed by atoms with van der Waals surface area (Å²) in [5.41, 5.74) is 4.24. The second kappa shape index (κ2) is 2.64. The number of hydrogen-bond donors (Lipinski definition) is 2. The zero-order valence-corrected chi connectivity index (χ0v) is 8.59. The molecule has 1 aliphatic heterocycles. The van der Waals surface area contributed by atoms with Gasteiger partial charge in [-0.2, -0.15) is 0 Å². The van der Waals surface area contributed by atoms with E-state index in [1.54, 1.807) is 0 Å². The van der Waals surface area contributed by atoms with Crippen LogP contribution in [0.1, 0.15) is 30.0 Å². The molecule has 0 spiro atoms. The van der Waals surface area contributed by atoms with E-state index in [1.165, 1.54) is 34.9 Å². The molecule has 1 saturated carbocycles. The number of rotatable bonds is 1. The average Bonchev–Trinajstić information content (AvgIpc) is 3.02. The highest BCUT2D eigenvalue weighted by atomic mass is 14.9. The molecule has 1 atom stereocenters. The van der Waals surface area contributed by atoms with Crippen molar-refractivity contribution in [2.24, 2.45) is 5.92 Å². The fourth-order valence-electron chi connectivity index (χ4n) is 2.86. The Morgan fingerprint density at radius 3 is 3.00 bits per heavy atom. The summed E-state index contributed by atoms with van der Waals surface area (Å²) < 4.78 is 0. The molecule has 2 heterocycles. The summed E-state index contributed by atoms with van der Waals surface area (Å²) in [5.74, 6) is 0.886. The molecular weight excluding hydrogens is 184 g/mol. The number of hydrogen-bond acceptors (Lipinski definition) is 1. The summed E-state index contributed by atoms with van der Waals surface area (Å²) >= 11 is 0. The standard InChI is InChI=1S/C13H14N2/c1-2-9-6-15-13(8-4-5-8)10-7-14-11(3-1)12(9)10/h1-3,7-8,13-15H,4-6H2. The van der Waals surface area contributed by atoms with E-state index in [2.05, 4.69) is 34.7 Å². The quantitative estimate of drug-likeness (QED) is 0.724. The second-order valence-corrected chi connectivity index (χ2v) is 4.78. The lowest BCUT2D eigenvalue weighted by atomic mass is 9.94. The van der Waals surface area contributed by atoms with Gasteiger partial charge in [0.2, 0.25) is 0 Å². The summed E-state index contributed by atoms with van der Waals surface area (Å²) in [6.45, 7) is 1.03. The molecule has 1 fully saturated rings. The summed E-state index contributed by atoms with van der Waals surface area (Å²) in [6.07, 6.45) is 4.99. The maximum absolute atomic E-state index is 3.66. The van der Waals surface area contributed by atoms with Gasteiger partial charge in [0.15, 0.2) is 0 Å². The Kier molecular flexibility index (Phi) is 1.40. The fourth-order valence-corrected chi connectivity index (χ4v) is 2.86. The highest BCUT2D eigenvalue weighted by Gasteiger charge is 2.35. The lowest BCUT2D eigenvalue weighted by Crippen LogP contribution is -2.26. The Labute approximate surface area is 88.7 Å².